The van der Waals surface area contributed by atoms with Crippen molar-refractivity contribution in [3.8, 4) is 0 Å². The fraction of sp³-hybridized carbons (Fsp3) is 0.304. The first kappa shape index (κ1) is 19.8. The zero-order valence-electron chi connectivity index (χ0n) is 16.9. The smallest absolute Gasteiger partial charge is 0.325 e. The van der Waals surface area contributed by atoms with Gasteiger partial charge in [0, 0.05) is 11.3 Å². The molecule has 2 aliphatic heterocycles. The van der Waals surface area contributed by atoms with Gasteiger partial charge in [0.05, 0.1) is 12.5 Å². The maximum absolute atomic E-state index is 13.3. The third-order valence-electron chi connectivity index (χ3n) is 5.86. The van der Waals surface area contributed by atoms with Crippen LogP contribution in [0.25, 0.3) is 0 Å². The number of carbonyl (C=O) groups is 4. The summed E-state index contributed by atoms with van der Waals surface area (Å²) in [5.41, 5.74) is 1.34. The van der Waals surface area contributed by atoms with E-state index in [1.165, 1.54) is 0 Å². The number of benzene rings is 2. The van der Waals surface area contributed by atoms with Gasteiger partial charge < -0.3 is 10.6 Å². The Morgan fingerprint density at radius 3 is 2.53 bits per heavy atom. The molecule has 4 amide bonds. The lowest BCUT2D eigenvalue weighted by Gasteiger charge is -2.26. The summed E-state index contributed by atoms with van der Waals surface area (Å²) in [7, 11) is 0. The van der Waals surface area contributed by atoms with Gasteiger partial charge in [-0.3, -0.25) is 19.3 Å². The summed E-state index contributed by atoms with van der Waals surface area (Å²) in [6.45, 7) is 3.36. The van der Waals surface area contributed by atoms with Gasteiger partial charge in [-0.1, -0.05) is 43.7 Å². The van der Waals surface area contributed by atoms with E-state index in [0.29, 0.717) is 29.7 Å². The van der Waals surface area contributed by atoms with Crippen molar-refractivity contribution in [1.82, 2.24) is 10.2 Å². The van der Waals surface area contributed by atoms with Gasteiger partial charge in [-0.15, -0.1) is 0 Å². The molecule has 30 heavy (non-hydrogen) atoms. The Balaban J connectivity index is 1.60. The van der Waals surface area contributed by atoms with E-state index in [1.54, 1.807) is 25.1 Å². The first-order chi connectivity index (χ1) is 14.4. The summed E-state index contributed by atoms with van der Waals surface area (Å²) in [5.74, 6) is -1.23. The lowest BCUT2D eigenvalue weighted by molar-refractivity contribution is -0.131. The zero-order chi connectivity index (χ0) is 21.5. The Kier molecular flexibility index (Phi) is 4.89. The van der Waals surface area contributed by atoms with Crippen molar-refractivity contribution in [1.29, 1.82) is 0 Å². The van der Waals surface area contributed by atoms with Crippen LogP contribution in [-0.2, 0) is 15.1 Å². The number of nitrogens with zero attached hydrogens (tertiary/aromatic N) is 1. The van der Waals surface area contributed by atoms with E-state index in [9.17, 15) is 19.2 Å². The van der Waals surface area contributed by atoms with Crippen molar-refractivity contribution in [3.05, 3.63) is 65.2 Å². The summed E-state index contributed by atoms with van der Waals surface area (Å²) in [6.07, 6.45) is 1.13. The molecule has 0 aliphatic carbocycles. The van der Waals surface area contributed by atoms with Crippen LogP contribution in [-0.4, -0.2) is 35.1 Å². The fourth-order valence-electron chi connectivity index (χ4n) is 4.20. The fourth-order valence-corrected chi connectivity index (χ4v) is 4.20. The molecule has 0 aromatic heterocycles. The molecule has 2 aromatic rings. The van der Waals surface area contributed by atoms with E-state index in [4.69, 9.17) is 0 Å². The number of imide groups is 1. The quantitative estimate of drug-likeness (QED) is 0.570. The van der Waals surface area contributed by atoms with Crippen molar-refractivity contribution < 1.29 is 19.2 Å². The second-order valence-electron chi connectivity index (χ2n) is 7.78. The largest absolute Gasteiger partial charge is 0.325 e. The van der Waals surface area contributed by atoms with Crippen molar-refractivity contribution in [3.63, 3.8) is 0 Å². The Bertz CT molecular complexity index is 1050. The molecule has 2 aliphatic rings. The van der Waals surface area contributed by atoms with E-state index < -0.39 is 17.5 Å². The second-order valence-corrected chi connectivity index (χ2v) is 7.78. The van der Waals surface area contributed by atoms with Gasteiger partial charge >= 0.3 is 6.03 Å². The second kappa shape index (κ2) is 7.40. The number of nitrogens with one attached hydrogen (secondary N) is 2. The lowest BCUT2D eigenvalue weighted by atomic mass is 9.85. The average molecular weight is 405 g/mol. The number of ketones is 1. The molecular formula is C23H23N3O4. The van der Waals surface area contributed by atoms with E-state index in [-0.39, 0.29) is 24.2 Å². The van der Waals surface area contributed by atoms with Crippen LogP contribution in [0, 0.1) is 0 Å². The molecule has 2 atom stereocenters. The molecule has 0 unspecified atom stereocenters. The minimum atomic E-state index is -1.16. The van der Waals surface area contributed by atoms with E-state index in [1.807, 2.05) is 37.3 Å². The topological polar surface area (TPSA) is 95.6 Å². The van der Waals surface area contributed by atoms with Crippen LogP contribution < -0.4 is 10.6 Å². The van der Waals surface area contributed by atoms with Crippen molar-refractivity contribution in [2.24, 2.45) is 0 Å². The molecule has 2 heterocycles. The summed E-state index contributed by atoms with van der Waals surface area (Å²) in [5, 5.41) is 5.59. The number of amides is 4. The monoisotopic (exact) mass is 405 g/mol. The molecule has 0 spiro atoms. The van der Waals surface area contributed by atoms with Crippen LogP contribution in [0.4, 0.5) is 10.5 Å². The number of hydrogen-bond acceptors (Lipinski definition) is 4. The van der Waals surface area contributed by atoms with E-state index >= 15 is 0 Å². The van der Waals surface area contributed by atoms with Gasteiger partial charge in [0.1, 0.15) is 5.54 Å². The molecule has 154 valence electrons. The first-order valence-electron chi connectivity index (χ1n) is 10.0. The van der Waals surface area contributed by atoms with Crippen LogP contribution >= 0.6 is 0 Å². The minimum absolute atomic E-state index is 0.115. The molecule has 4 rings (SSSR count). The molecule has 0 bridgehead atoms. The number of urea groups is 1. The number of Topliss-reactive ketones (excluding diaryl/α,β-unsaturated/α-hetero) is 1. The zero-order valence-corrected chi connectivity index (χ0v) is 16.9. The number of carbonyl (C=O) groups excluding carboxylic acids is 4. The maximum atomic E-state index is 13.3. The molecule has 7 heteroatoms. The summed E-state index contributed by atoms with van der Waals surface area (Å²) in [4.78, 5) is 51.7. The molecule has 1 saturated heterocycles. The van der Waals surface area contributed by atoms with Crippen molar-refractivity contribution in [2.75, 3.05) is 11.9 Å². The third kappa shape index (κ3) is 3.07. The summed E-state index contributed by atoms with van der Waals surface area (Å²) in [6, 6.07) is 13.5. The van der Waals surface area contributed by atoms with Crippen molar-refractivity contribution >= 4 is 29.3 Å². The van der Waals surface area contributed by atoms with E-state index in [0.717, 1.165) is 10.5 Å². The van der Waals surface area contributed by atoms with Gasteiger partial charge in [0.2, 0.25) is 5.91 Å². The van der Waals surface area contributed by atoms with Gasteiger partial charge in [-0.05, 0) is 42.7 Å². The van der Waals surface area contributed by atoms with Gasteiger partial charge in [0.25, 0.3) is 5.91 Å². The average Bonchev–Trinajstić information content (AvgIpc) is 3.16. The first-order valence-corrected chi connectivity index (χ1v) is 10.0. The van der Waals surface area contributed by atoms with Gasteiger partial charge in [-0.25, -0.2) is 4.79 Å². The maximum Gasteiger partial charge on any atom is 0.325 e. The molecular weight excluding hydrogens is 382 g/mol. The number of rotatable bonds is 6. The Hall–Kier alpha value is -3.48. The van der Waals surface area contributed by atoms with Gasteiger partial charge in [-0.2, -0.15) is 0 Å². The van der Waals surface area contributed by atoms with Crippen LogP contribution in [0.1, 0.15) is 54.1 Å². The van der Waals surface area contributed by atoms with Crippen LogP contribution in [0.3, 0.4) is 0 Å². The molecule has 0 saturated carbocycles. The molecule has 1 fully saturated rings. The normalized spacial score (nSPS) is 22.7. The minimum Gasteiger partial charge on any atom is -0.325 e. The SMILES string of the molecule is CCC[C@@]1(c2ccccc2)NC(=O)N(CC(=O)c2ccc3c(c2)[C@@H](C)C(=O)N3)C1=O. The highest BCUT2D eigenvalue weighted by molar-refractivity contribution is 6.12. The van der Waals surface area contributed by atoms with Crippen LogP contribution in [0.5, 0.6) is 0 Å². The van der Waals surface area contributed by atoms with Crippen LogP contribution in [0.2, 0.25) is 0 Å². The summed E-state index contributed by atoms with van der Waals surface area (Å²) < 4.78 is 0. The predicted molar refractivity (Wildman–Crippen MR) is 111 cm³/mol. The summed E-state index contributed by atoms with van der Waals surface area (Å²) >= 11 is 0. The lowest BCUT2D eigenvalue weighted by Crippen LogP contribution is -2.44. The predicted octanol–water partition coefficient (Wildman–Crippen LogP) is 3.17. The standard InChI is InChI=1S/C23H23N3O4/c1-3-11-23(16-7-5-4-6-8-16)21(29)26(22(30)25-23)13-19(27)15-9-10-18-17(12-15)14(2)20(28)24-18/h4-10,12,14H,3,11,13H2,1-2H3,(H,24,28)(H,25,30)/t14-,23+/m1/s1. The number of anilines is 1. The van der Waals surface area contributed by atoms with Crippen molar-refractivity contribution in [2.45, 2.75) is 38.1 Å². The molecule has 7 nitrogen and oxygen atoms in total. The molecule has 2 N–H and O–H groups in total. The Labute approximate surface area is 174 Å². The molecule has 2 aromatic carbocycles. The highest BCUT2D eigenvalue weighted by atomic mass is 16.2. The highest BCUT2D eigenvalue weighted by Gasteiger charge is 2.52. The highest BCUT2D eigenvalue weighted by Crippen LogP contribution is 2.35. The Morgan fingerprint density at radius 2 is 1.83 bits per heavy atom. The van der Waals surface area contributed by atoms with Gasteiger partial charge in [0.15, 0.2) is 5.78 Å². The van der Waals surface area contributed by atoms with Crippen LogP contribution in [0.15, 0.2) is 48.5 Å². The molecule has 0 radical (unpaired) electrons. The third-order valence-corrected chi connectivity index (χ3v) is 5.86. The Morgan fingerprint density at radius 1 is 1.10 bits per heavy atom. The number of hydrogen-bond donors (Lipinski definition) is 2. The number of fused-ring (bicyclic) bond motifs is 1. The van der Waals surface area contributed by atoms with E-state index in [2.05, 4.69) is 10.6 Å².